The molecule has 0 saturated carbocycles. The summed E-state index contributed by atoms with van der Waals surface area (Å²) >= 11 is 0. The van der Waals surface area contributed by atoms with Crippen molar-refractivity contribution >= 4 is 21.4 Å². The highest BCUT2D eigenvalue weighted by atomic mass is 32.2. The number of sulfonamides is 1. The van der Waals surface area contributed by atoms with E-state index in [9.17, 15) is 8.42 Å². The van der Waals surface area contributed by atoms with Gasteiger partial charge >= 0.3 is 0 Å². The van der Waals surface area contributed by atoms with Gasteiger partial charge in [0, 0.05) is 11.8 Å². The van der Waals surface area contributed by atoms with Crippen LogP contribution in [0.15, 0.2) is 53.4 Å². The predicted molar refractivity (Wildman–Crippen MR) is 82.7 cm³/mol. The summed E-state index contributed by atoms with van der Waals surface area (Å²) in [7, 11) is -3.64. The highest BCUT2D eigenvalue weighted by molar-refractivity contribution is 7.92. The molecule has 2 aromatic carbocycles. The van der Waals surface area contributed by atoms with Crippen LogP contribution in [0.4, 0.5) is 11.4 Å². The Morgan fingerprint density at radius 2 is 1.81 bits per heavy atom. The van der Waals surface area contributed by atoms with Gasteiger partial charge in [-0.2, -0.15) is 0 Å². The number of ether oxygens (including phenoxy) is 1. The number of anilines is 2. The molecular weight excluding hydrogens is 290 g/mol. The monoisotopic (exact) mass is 307 g/mol. The van der Waals surface area contributed by atoms with Crippen molar-refractivity contribution in [1.82, 2.24) is 0 Å². The highest BCUT2D eigenvalue weighted by Crippen LogP contribution is 2.21. The number of hydrazine groups is 1. The summed E-state index contributed by atoms with van der Waals surface area (Å²) < 4.78 is 32.4. The third-order valence-electron chi connectivity index (χ3n) is 2.73. The SMILES string of the molecule is CCOc1cccc(NS(=O)(=O)c2ccc(NN)cc2)c1. The molecule has 0 aliphatic rings. The molecule has 0 unspecified atom stereocenters. The van der Waals surface area contributed by atoms with Crippen molar-refractivity contribution in [3.63, 3.8) is 0 Å². The molecule has 6 nitrogen and oxygen atoms in total. The smallest absolute Gasteiger partial charge is 0.261 e. The minimum atomic E-state index is -3.64. The summed E-state index contributed by atoms with van der Waals surface area (Å²) in [5, 5.41) is 0. The quantitative estimate of drug-likeness (QED) is 0.562. The summed E-state index contributed by atoms with van der Waals surface area (Å²) in [5.41, 5.74) is 3.52. The van der Waals surface area contributed by atoms with Crippen molar-refractivity contribution in [2.45, 2.75) is 11.8 Å². The summed E-state index contributed by atoms with van der Waals surface area (Å²) in [5.74, 6) is 5.86. The van der Waals surface area contributed by atoms with Crippen LogP contribution in [-0.2, 0) is 10.0 Å². The standard InChI is InChI=1S/C14H17N3O3S/c1-2-20-13-5-3-4-12(10-13)17-21(18,19)14-8-6-11(16-15)7-9-14/h3-10,16-17H,2,15H2,1H3. The maximum atomic E-state index is 12.3. The normalized spacial score (nSPS) is 11.0. The molecule has 2 rings (SSSR count). The molecule has 21 heavy (non-hydrogen) atoms. The maximum Gasteiger partial charge on any atom is 0.261 e. The summed E-state index contributed by atoms with van der Waals surface area (Å²) in [6.07, 6.45) is 0. The lowest BCUT2D eigenvalue weighted by Crippen LogP contribution is -2.13. The predicted octanol–water partition coefficient (Wildman–Crippen LogP) is 2.17. The zero-order chi connectivity index (χ0) is 15.3. The molecule has 0 fully saturated rings. The molecular formula is C14H17N3O3S. The van der Waals surface area contributed by atoms with Crippen molar-refractivity contribution in [3.8, 4) is 5.75 Å². The van der Waals surface area contributed by atoms with Crippen LogP contribution in [-0.4, -0.2) is 15.0 Å². The first-order chi connectivity index (χ1) is 10.0. The zero-order valence-electron chi connectivity index (χ0n) is 11.5. The van der Waals surface area contributed by atoms with Crippen LogP contribution < -0.4 is 20.7 Å². The number of benzene rings is 2. The molecule has 112 valence electrons. The first-order valence-corrected chi connectivity index (χ1v) is 7.86. The van der Waals surface area contributed by atoms with E-state index in [-0.39, 0.29) is 4.90 Å². The van der Waals surface area contributed by atoms with Gasteiger partial charge in [-0.15, -0.1) is 0 Å². The third kappa shape index (κ3) is 3.87. The Morgan fingerprint density at radius 1 is 1.10 bits per heavy atom. The fraction of sp³-hybridized carbons (Fsp3) is 0.143. The van der Waals surface area contributed by atoms with Gasteiger partial charge in [-0.05, 0) is 43.3 Å². The number of rotatable bonds is 6. The van der Waals surface area contributed by atoms with Crippen LogP contribution in [0.1, 0.15) is 6.92 Å². The lowest BCUT2D eigenvalue weighted by atomic mass is 10.3. The van der Waals surface area contributed by atoms with Gasteiger partial charge in [-0.25, -0.2) is 8.42 Å². The van der Waals surface area contributed by atoms with Gasteiger partial charge in [-0.1, -0.05) is 6.07 Å². The number of hydrogen-bond acceptors (Lipinski definition) is 5. The van der Waals surface area contributed by atoms with Gasteiger partial charge in [0.05, 0.1) is 17.2 Å². The Bertz CT molecular complexity index is 700. The van der Waals surface area contributed by atoms with Gasteiger partial charge in [0.25, 0.3) is 10.0 Å². The minimum Gasteiger partial charge on any atom is -0.494 e. The largest absolute Gasteiger partial charge is 0.494 e. The second-order valence-corrected chi connectivity index (χ2v) is 5.92. The number of nitrogens with one attached hydrogen (secondary N) is 2. The van der Waals surface area contributed by atoms with Crippen molar-refractivity contribution in [2.75, 3.05) is 16.8 Å². The van der Waals surface area contributed by atoms with E-state index in [1.807, 2.05) is 6.92 Å². The second kappa shape index (κ2) is 6.47. The second-order valence-electron chi connectivity index (χ2n) is 4.24. The Morgan fingerprint density at radius 3 is 2.43 bits per heavy atom. The lowest BCUT2D eigenvalue weighted by molar-refractivity contribution is 0.340. The Labute approximate surface area is 124 Å². The summed E-state index contributed by atoms with van der Waals surface area (Å²) in [6, 6.07) is 12.9. The van der Waals surface area contributed by atoms with Crippen LogP contribution >= 0.6 is 0 Å². The molecule has 2 aromatic rings. The van der Waals surface area contributed by atoms with Crippen LogP contribution in [0.3, 0.4) is 0 Å². The summed E-state index contributed by atoms with van der Waals surface area (Å²) in [4.78, 5) is 0.156. The molecule has 0 spiro atoms. The first-order valence-electron chi connectivity index (χ1n) is 6.37. The molecule has 0 aliphatic heterocycles. The average Bonchev–Trinajstić information content (AvgIpc) is 2.47. The van der Waals surface area contributed by atoms with Crippen molar-refractivity contribution in [2.24, 2.45) is 5.84 Å². The van der Waals surface area contributed by atoms with Gasteiger partial charge in [0.1, 0.15) is 5.75 Å². The molecule has 0 amide bonds. The van der Waals surface area contributed by atoms with Crippen LogP contribution in [0.5, 0.6) is 5.75 Å². The van der Waals surface area contributed by atoms with E-state index in [0.29, 0.717) is 23.7 Å². The minimum absolute atomic E-state index is 0.156. The van der Waals surface area contributed by atoms with E-state index in [4.69, 9.17) is 10.6 Å². The van der Waals surface area contributed by atoms with Gasteiger partial charge in [0.15, 0.2) is 0 Å². The maximum absolute atomic E-state index is 12.3. The highest BCUT2D eigenvalue weighted by Gasteiger charge is 2.14. The molecule has 0 aliphatic carbocycles. The van der Waals surface area contributed by atoms with Crippen molar-refractivity contribution < 1.29 is 13.2 Å². The Balaban J connectivity index is 2.21. The molecule has 0 heterocycles. The number of hydrogen-bond donors (Lipinski definition) is 3. The molecule has 0 atom stereocenters. The van der Waals surface area contributed by atoms with Gasteiger partial charge in [-0.3, -0.25) is 10.6 Å². The fourth-order valence-corrected chi connectivity index (χ4v) is 2.81. The van der Waals surface area contributed by atoms with Crippen molar-refractivity contribution in [3.05, 3.63) is 48.5 Å². The Hall–Kier alpha value is -2.25. The van der Waals surface area contributed by atoms with E-state index < -0.39 is 10.0 Å². The third-order valence-corrected chi connectivity index (χ3v) is 4.13. The topological polar surface area (TPSA) is 93.4 Å². The van der Waals surface area contributed by atoms with Crippen LogP contribution in [0, 0.1) is 0 Å². The van der Waals surface area contributed by atoms with E-state index in [1.165, 1.54) is 12.1 Å². The van der Waals surface area contributed by atoms with E-state index in [0.717, 1.165) is 0 Å². The zero-order valence-corrected chi connectivity index (χ0v) is 12.4. The van der Waals surface area contributed by atoms with Gasteiger partial charge < -0.3 is 10.2 Å². The summed E-state index contributed by atoms with van der Waals surface area (Å²) in [6.45, 7) is 2.38. The van der Waals surface area contributed by atoms with E-state index >= 15 is 0 Å². The van der Waals surface area contributed by atoms with Crippen molar-refractivity contribution in [1.29, 1.82) is 0 Å². The molecule has 0 saturated heterocycles. The van der Waals surface area contributed by atoms with E-state index in [2.05, 4.69) is 10.1 Å². The van der Waals surface area contributed by atoms with E-state index in [1.54, 1.807) is 36.4 Å². The molecule has 0 bridgehead atoms. The first kappa shape index (κ1) is 15.1. The molecule has 0 radical (unpaired) electrons. The number of nitrogen functional groups attached to an aromatic ring is 1. The fourth-order valence-electron chi connectivity index (χ4n) is 1.76. The molecule has 7 heteroatoms. The van der Waals surface area contributed by atoms with Crippen LogP contribution in [0.2, 0.25) is 0 Å². The molecule has 4 N–H and O–H groups in total. The number of nitrogens with two attached hydrogens (primary N) is 1. The lowest BCUT2D eigenvalue weighted by Gasteiger charge is -2.10. The van der Waals surface area contributed by atoms with Gasteiger partial charge in [0.2, 0.25) is 0 Å². The molecule has 0 aromatic heterocycles. The average molecular weight is 307 g/mol. The Kier molecular flexibility index (Phi) is 4.66. The van der Waals surface area contributed by atoms with Crippen LogP contribution in [0.25, 0.3) is 0 Å².